The van der Waals surface area contributed by atoms with Crippen LogP contribution in [0.2, 0.25) is 0 Å². The lowest BCUT2D eigenvalue weighted by atomic mass is 10.0. The Bertz CT molecular complexity index is 820. The first-order valence-corrected chi connectivity index (χ1v) is 9.65. The van der Waals surface area contributed by atoms with Crippen molar-refractivity contribution < 1.29 is 22.7 Å². The van der Waals surface area contributed by atoms with Gasteiger partial charge in [0.25, 0.3) is 5.91 Å². The van der Waals surface area contributed by atoms with Gasteiger partial charge in [-0.15, -0.1) is 0 Å². The van der Waals surface area contributed by atoms with Crippen LogP contribution in [0.5, 0.6) is 0 Å². The van der Waals surface area contributed by atoms with E-state index in [1.54, 1.807) is 0 Å². The molecule has 25 heavy (non-hydrogen) atoms. The molecule has 0 N–H and O–H groups in total. The second-order valence-corrected chi connectivity index (χ2v) is 8.59. The maximum Gasteiger partial charge on any atom is 0.417 e. The third-order valence-corrected chi connectivity index (χ3v) is 7.31. The molecule has 0 radical (unpaired) electrons. The smallest absolute Gasteiger partial charge is 0.417 e. The maximum absolute atomic E-state index is 13.2. The van der Waals surface area contributed by atoms with Crippen LogP contribution in [0.1, 0.15) is 28.7 Å². The van der Waals surface area contributed by atoms with E-state index in [0.29, 0.717) is 11.3 Å². The van der Waals surface area contributed by atoms with Crippen LogP contribution in [0.4, 0.5) is 4.79 Å². The molecule has 2 amide bonds. The highest BCUT2D eigenvalue weighted by molar-refractivity contribution is 7.89. The maximum atomic E-state index is 13.2. The Morgan fingerprint density at radius 1 is 1.08 bits per heavy atom. The third kappa shape index (κ3) is 2.83. The summed E-state index contributed by atoms with van der Waals surface area (Å²) in [6.45, 7) is 7.52. The van der Waals surface area contributed by atoms with E-state index in [0.717, 1.165) is 27.2 Å². The molecule has 8 heteroatoms. The molecule has 3 rings (SSSR count). The Morgan fingerprint density at radius 3 is 2.20 bits per heavy atom. The van der Waals surface area contributed by atoms with Gasteiger partial charge in [-0.3, -0.25) is 4.79 Å². The highest BCUT2D eigenvalue weighted by Crippen LogP contribution is 2.31. The minimum Gasteiger partial charge on any atom is -0.439 e. The molecule has 2 fully saturated rings. The number of carbonyl (C=O) groups excluding carboxylic acids is 2. The lowest BCUT2D eigenvalue weighted by Gasteiger charge is -2.23. The number of sulfonamides is 1. The van der Waals surface area contributed by atoms with Crippen LogP contribution in [0.15, 0.2) is 11.0 Å². The third-order valence-electron chi connectivity index (χ3n) is 5.17. The monoisotopic (exact) mass is 366 g/mol. The van der Waals surface area contributed by atoms with Gasteiger partial charge < -0.3 is 4.74 Å². The van der Waals surface area contributed by atoms with Crippen LogP contribution in [0.3, 0.4) is 0 Å². The Kier molecular flexibility index (Phi) is 4.36. The van der Waals surface area contributed by atoms with Crippen LogP contribution in [0, 0.1) is 27.7 Å². The molecule has 136 valence electrons. The van der Waals surface area contributed by atoms with Gasteiger partial charge in [-0.1, -0.05) is 6.07 Å². The number of ether oxygens (including phenoxy) is 1. The first-order chi connectivity index (χ1) is 11.6. The highest BCUT2D eigenvalue weighted by atomic mass is 32.2. The number of aryl methyl sites for hydroxylation is 2. The lowest BCUT2D eigenvalue weighted by molar-refractivity contribution is -0.127. The molecule has 0 saturated carbocycles. The summed E-state index contributed by atoms with van der Waals surface area (Å²) in [5.74, 6) is -0.409. The molecule has 7 nitrogen and oxygen atoms in total. The number of hydrogen-bond acceptors (Lipinski definition) is 5. The molecule has 1 unspecified atom stereocenters. The zero-order valence-corrected chi connectivity index (χ0v) is 15.6. The zero-order valence-electron chi connectivity index (χ0n) is 14.8. The summed E-state index contributed by atoms with van der Waals surface area (Å²) in [6, 6.07) is 1.51. The van der Waals surface area contributed by atoms with Crippen molar-refractivity contribution >= 4 is 22.0 Å². The summed E-state index contributed by atoms with van der Waals surface area (Å²) in [5.41, 5.74) is 3.33. The molecule has 2 heterocycles. The average molecular weight is 366 g/mol. The summed E-state index contributed by atoms with van der Waals surface area (Å²) < 4.78 is 32.5. The van der Waals surface area contributed by atoms with Crippen LogP contribution in [-0.4, -0.2) is 55.4 Å². The topological polar surface area (TPSA) is 84.0 Å². The van der Waals surface area contributed by atoms with Crippen molar-refractivity contribution in [1.29, 1.82) is 0 Å². The summed E-state index contributed by atoms with van der Waals surface area (Å²) in [5, 5.41) is 0. The lowest BCUT2D eigenvalue weighted by Crippen LogP contribution is -2.42. The van der Waals surface area contributed by atoms with E-state index in [4.69, 9.17) is 4.74 Å². The zero-order chi connectivity index (χ0) is 18.5. The van der Waals surface area contributed by atoms with Crippen molar-refractivity contribution in [3.63, 3.8) is 0 Å². The van der Waals surface area contributed by atoms with Crippen molar-refractivity contribution in [1.82, 2.24) is 9.21 Å². The molecule has 0 spiro atoms. The summed E-state index contributed by atoms with van der Waals surface area (Å²) in [4.78, 5) is 24.9. The largest absolute Gasteiger partial charge is 0.439 e. The second kappa shape index (κ2) is 6.10. The van der Waals surface area contributed by atoms with Gasteiger partial charge in [0.1, 0.15) is 0 Å². The van der Waals surface area contributed by atoms with Gasteiger partial charge in [0.15, 0.2) is 6.61 Å². The van der Waals surface area contributed by atoms with E-state index in [1.807, 2.05) is 33.8 Å². The van der Waals surface area contributed by atoms with Gasteiger partial charge in [-0.25, -0.2) is 18.1 Å². The molecule has 1 aromatic carbocycles. The fourth-order valence-corrected chi connectivity index (χ4v) is 5.62. The van der Waals surface area contributed by atoms with Crippen LogP contribution in [-0.2, 0) is 19.6 Å². The van der Waals surface area contributed by atoms with E-state index in [9.17, 15) is 18.0 Å². The Hall–Kier alpha value is -1.93. The van der Waals surface area contributed by atoms with Crippen molar-refractivity contribution in [2.75, 3.05) is 19.7 Å². The van der Waals surface area contributed by atoms with Gasteiger partial charge in [0.2, 0.25) is 10.0 Å². The number of cyclic esters (lactones) is 1. The fraction of sp³-hybridized carbons (Fsp3) is 0.529. The molecule has 2 aliphatic heterocycles. The predicted octanol–water partition coefficient (Wildman–Crippen LogP) is 1.66. The molecular weight excluding hydrogens is 344 g/mol. The molecule has 2 saturated heterocycles. The van der Waals surface area contributed by atoms with Crippen LogP contribution >= 0.6 is 0 Å². The van der Waals surface area contributed by atoms with E-state index < -0.39 is 28.1 Å². The summed E-state index contributed by atoms with van der Waals surface area (Å²) in [6.07, 6.45) is -0.267. The van der Waals surface area contributed by atoms with E-state index in [-0.39, 0.29) is 19.7 Å². The predicted molar refractivity (Wildman–Crippen MR) is 90.7 cm³/mol. The molecular formula is C17H22N2O5S. The number of amides is 2. The van der Waals surface area contributed by atoms with Gasteiger partial charge in [-0.05, 0) is 56.4 Å². The number of rotatable bonds is 3. The number of benzene rings is 1. The Morgan fingerprint density at radius 2 is 1.68 bits per heavy atom. The molecule has 1 aromatic rings. The molecule has 0 bridgehead atoms. The van der Waals surface area contributed by atoms with Crippen molar-refractivity contribution in [2.24, 2.45) is 0 Å². The Labute approximate surface area is 147 Å². The van der Waals surface area contributed by atoms with Gasteiger partial charge in [-0.2, -0.15) is 4.31 Å². The Balaban J connectivity index is 1.93. The number of imide groups is 1. The van der Waals surface area contributed by atoms with Crippen molar-refractivity contribution in [2.45, 2.75) is 45.1 Å². The molecule has 0 aliphatic carbocycles. The van der Waals surface area contributed by atoms with Gasteiger partial charge in [0, 0.05) is 13.1 Å². The quantitative estimate of drug-likeness (QED) is 0.812. The van der Waals surface area contributed by atoms with Gasteiger partial charge >= 0.3 is 6.09 Å². The number of hydrogen-bond donors (Lipinski definition) is 0. The van der Waals surface area contributed by atoms with E-state index >= 15 is 0 Å². The normalized spacial score (nSPS) is 21.9. The summed E-state index contributed by atoms with van der Waals surface area (Å²) in [7, 11) is -3.70. The SMILES string of the molecule is Cc1cc(C)c(C)c(S(=O)(=O)N2CCC(N3C(=O)COC3=O)C2)c1C. The highest BCUT2D eigenvalue weighted by Gasteiger charge is 2.43. The average Bonchev–Trinajstić information content (AvgIpc) is 3.12. The second-order valence-electron chi connectivity index (χ2n) is 6.71. The number of carbonyl (C=O) groups is 2. The van der Waals surface area contributed by atoms with Gasteiger partial charge in [0.05, 0.1) is 10.9 Å². The first kappa shape index (κ1) is 17.9. The first-order valence-electron chi connectivity index (χ1n) is 8.21. The standard InChI is InChI=1S/C17H22N2O5S/c1-10-7-11(2)13(4)16(12(10)3)25(22,23)18-6-5-14(8-18)19-15(20)9-24-17(19)21/h7,14H,5-6,8-9H2,1-4H3. The van der Waals surface area contributed by atoms with Crippen LogP contribution < -0.4 is 0 Å². The van der Waals surface area contributed by atoms with E-state index in [2.05, 4.69) is 0 Å². The summed E-state index contributed by atoms with van der Waals surface area (Å²) >= 11 is 0. The molecule has 2 aliphatic rings. The van der Waals surface area contributed by atoms with Crippen molar-refractivity contribution in [3.05, 3.63) is 28.3 Å². The van der Waals surface area contributed by atoms with Crippen molar-refractivity contribution in [3.8, 4) is 0 Å². The molecule has 1 atom stereocenters. The minimum absolute atomic E-state index is 0.106. The molecule has 0 aromatic heterocycles. The van der Waals surface area contributed by atoms with E-state index in [1.165, 1.54) is 4.31 Å². The van der Waals surface area contributed by atoms with Crippen LogP contribution in [0.25, 0.3) is 0 Å². The minimum atomic E-state index is -3.70. The number of nitrogens with zero attached hydrogens (tertiary/aromatic N) is 2. The fourth-order valence-electron chi connectivity index (χ4n) is 3.55.